The molecule has 1 aromatic rings. The van der Waals surface area contributed by atoms with Crippen molar-refractivity contribution in [2.24, 2.45) is 0 Å². The Kier molecular flexibility index (Phi) is 5.00. The molecule has 9 heteroatoms. The van der Waals surface area contributed by atoms with Crippen molar-refractivity contribution < 1.29 is 22.4 Å². The highest BCUT2D eigenvalue weighted by molar-refractivity contribution is 7.86. The number of nitrogens with zero attached hydrogens (tertiary/aromatic N) is 1. The second-order valence-electron chi connectivity index (χ2n) is 5.15. The van der Waals surface area contributed by atoms with Crippen LogP contribution in [0.1, 0.15) is 11.1 Å². The summed E-state index contributed by atoms with van der Waals surface area (Å²) in [6, 6.07) is 2.77. The van der Waals surface area contributed by atoms with Gasteiger partial charge in [-0.15, -0.1) is 3.89 Å². The van der Waals surface area contributed by atoms with Crippen LogP contribution >= 0.6 is 0 Å². The molecule has 6 nitrogen and oxygen atoms in total. The first kappa shape index (κ1) is 16.4. The molecule has 1 aliphatic rings. The van der Waals surface area contributed by atoms with Gasteiger partial charge in [-0.3, -0.25) is 4.90 Å². The number of benzene rings is 1. The SMILES string of the molecule is Cc1c(B(O)O)cc(CN2CCNCC2)cc1S(=O)(=O)F. The summed E-state index contributed by atoms with van der Waals surface area (Å²) in [5.41, 5.74) is 0.581. The van der Waals surface area contributed by atoms with Crippen LogP contribution in [0.25, 0.3) is 0 Å². The molecule has 0 radical (unpaired) electrons. The normalized spacial score (nSPS) is 17.0. The van der Waals surface area contributed by atoms with Crippen LogP contribution in [-0.2, 0) is 16.8 Å². The minimum absolute atomic E-state index is 0.0128. The maximum absolute atomic E-state index is 13.4. The molecule has 0 aromatic heterocycles. The summed E-state index contributed by atoms with van der Waals surface area (Å²) in [6.45, 7) is 5.04. The predicted molar refractivity (Wildman–Crippen MR) is 77.4 cm³/mol. The van der Waals surface area contributed by atoms with Crippen LogP contribution in [0.2, 0.25) is 0 Å². The van der Waals surface area contributed by atoms with Crippen molar-refractivity contribution in [1.82, 2.24) is 10.2 Å². The molecular formula is C12H18BFN2O4S. The number of rotatable bonds is 4. The second-order valence-corrected chi connectivity index (χ2v) is 6.46. The third-order valence-corrected chi connectivity index (χ3v) is 4.57. The molecule has 1 heterocycles. The monoisotopic (exact) mass is 316 g/mol. The van der Waals surface area contributed by atoms with Gasteiger partial charge in [0.05, 0.1) is 0 Å². The minimum Gasteiger partial charge on any atom is -0.423 e. The van der Waals surface area contributed by atoms with E-state index in [2.05, 4.69) is 10.2 Å². The molecule has 0 amide bonds. The van der Waals surface area contributed by atoms with Crippen molar-refractivity contribution in [3.63, 3.8) is 0 Å². The maximum atomic E-state index is 13.4. The highest BCUT2D eigenvalue weighted by Gasteiger charge is 2.24. The van der Waals surface area contributed by atoms with Gasteiger partial charge in [-0.1, -0.05) is 6.07 Å². The Bertz CT molecular complexity index is 618. The lowest BCUT2D eigenvalue weighted by atomic mass is 9.76. The third-order valence-electron chi connectivity index (χ3n) is 3.62. The molecule has 1 saturated heterocycles. The van der Waals surface area contributed by atoms with Gasteiger partial charge in [0.15, 0.2) is 0 Å². The smallest absolute Gasteiger partial charge is 0.423 e. The van der Waals surface area contributed by atoms with Gasteiger partial charge in [0, 0.05) is 32.7 Å². The Morgan fingerprint density at radius 1 is 1.33 bits per heavy atom. The Labute approximate surface area is 123 Å². The summed E-state index contributed by atoms with van der Waals surface area (Å²) in [5, 5.41) is 21.9. The van der Waals surface area contributed by atoms with Crippen molar-refractivity contribution >= 4 is 22.8 Å². The van der Waals surface area contributed by atoms with Gasteiger partial charge in [0.25, 0.3) is 0 Å². The summed E-state index contributed by atoms with van der Waals surface area (Å²) in [4.78, 5) is 1.59. The quantitative estimate of drug-likeness (QED) is 0.474. The Morgan fingerprint density at radius 3 is 2.48 bits per heavy atom. The van der Waals surface area contributed by atoms with Crippen molar-refractivity contribution in [3.05, 3.63) is 23.3 Å². The lowest BCUT2D eigenvalue weighted by Gasteiger charge is -2.27. The van der Waals surface area contributed by atoms with E-state index in [1.54, 1.807) is 0 Å². The summed E-state index contributed by atoms with van der Waals surface area (Å²) >= 11 is 0. The Balaban J connectivity index is 2.39. The fraction of sp³-hybridized carbons (Fsp3) is 0.500. The van der Waals surface area contributed by atoms with Crippen molar-refractivity contribution in [2.45, 2.75) is 18.4 Å². The average Bonchev–Trinajstić information content (AvgIpc) is 2.40. The molecule has 0 atom stereocenters. The van der Waals surface area contributed by atoms with E-state index < -0.39 is 22.2 Å². The van der Waals surface area contributed by atoms with E-state index in [0.29, 0.717) is 12.1 Å². The molecule has 1 aliphatic heterocycles. The van der Waals surface area contributed by atoms with E-state index in [9.17, 15) is 22.4 Å². The summed E-state index contributed by atoms with van der Waals surface area (Å²) in [5.74, 6) is 0. The maximum Gasteiger partial charge on any atom is 0.488 e. The number of nitrogens with one attached hydrogen (secondary N) is 1. The minimum atomic E-state index is -4.91. The first-order valence-electron chi connectivity index (χ1n) is 6.66. The highest BCUT2D eigenvalue weighted by Crippen LogP contribution is 2.19. The fourth-order valence-electron chi connectivity index (χ4n) is 2.51. The van der Waals surface area contributed by atoms with Crippen LogP contribution < -0.4 is 10.8 Å². The standard InChI is InChI=1S/C12H18BFN2O4S/c1-9-11(13(17)18)6-10(7-12(9)21(14,19)20)8-16-4-2-15-3-5-16/h6-7,15,17-18H,2-5,8H2,1H3. The lowest BCUT2D eigenvalue weighted by molar-refractivity contribution is 0.233. The molecule has 21 heavy (non-hydrogen) atoms. The van der Waals surface area contributed by atoms with Gasteiger partial charge < -0.3 is 15.4 Å². The van der Waals surface area contributed by atoms with Crippen LogP contribution in [0.3, 0.4) is 0 Å². The predicted octanol–water partition coefficient (Wildman–Crippen LogP) is -1.26. The zero-order valence-corrected chi connectivity index (χ0v) is 12.5. The zero-order chi connectivity index (χ0) is 15.6. The topological polar surface area (TPSA) is 89.9 Å². The van der Waals surface area contributed by atoms with E-state index in [1.807, 2.05) is 0 Å². The first-order valence-corrected chi connectivity index (χ1v) is 8.04. The van der Waals surface area contributed by atoms with Crippen molar-refractivity contribution in [3.8, 4) is 0 Å². The molecule has 3 N–H and O–H groups in total. The van der Waals surface area contributed by atoms with Crippen LogP contribution in [0.5, 0.6) is 0 Å². The van der Waals surface area contributed by atoms with Gasteiger partial charge >= 0.3 is 17.3 Å². The molecule has 1 aromatic carbocycles. The van der Waals surface area contributed by atoms with Gasteiger partial charge in [-0.05, 0) is 29.6 Å². The first-order chi connectivity index (χ1) is 9.79. The second kappa shape index (κ2) is 6.41. The van der Waals surface area contributed by atoms with Crippen LogP contribution in [-0.4, -0.2) is 56.7 Å². The summed E-state index contributed by atoms with van der Waals surface area (Å²) < 4.78 is 35.8. The van der Waals surface area contributed by atoms with E-state index in [0.717, 1.165) is 26.2 Å². The van der Waals surface area contributed by atoms with Crippen molar-refractivity contribution in [2.75, 3.05) is 26.2 Å². The number of halogens is 1. The fourth-order valence-corrected chi connectivity index (χ4v) is 3.28. The summed E-state index contributed by atoms with van der Waals surface area (Å²) in [7, 11) is -6.75. The molecule has 2 rings (SSSR count). The molecule has 0 bridgehead atoms. The van der Waals surface area contributed by atoms with Crippen LogP contribution in [0.15, 0.2) is 17.0 Å². The van der Waals surface area contributed by atoms with Gasteiger partial charge in [-0.2, -0.15) is 8.42 Å². The molecular weight excluding hydrogens is 298 g/mol. The van der Waals surface area contributed by atoms with Crippen LogP contribution in [0, 0.1) is 6.92 Å². The average molecular weight is 316 g/mol. The highest BCUT2D eigenvalue weighted by atomic mass is 32.3. The number of hydrogen-bond donors (Lipinski definition) is 3. The lowest BCUT2D eigenvalue weighted by Crippen LogP contribution is -2.43. The summed E-state index contributed by atoms with van der Waals surface area (Å²) in [6.07, 6.45) is 0. The van der Waals surface area contributed by atoms with E-state index in [1.165, 1.54) is 19.1 Å². The van der Waals surface area contributed by atoms with E-state index in [-0.39, 0.29) is 11.0 Å². The zero-order valence-electron chi connectivity index (χ0n) is 11.7. The van der Waals surface area contributed by atoms with Gasteiger partial charge in [0.2, 0.25) is 0 Å². The third kappa shape index (κ3) is 4.01. The van der Waals surface area contributed by atoms with E-state index in [4.69, 9.17) is 0 Å². The van der Waals surface area contributed by atoms with Gasteiger partial charge in [0.1, 0.15) is 4.90 Å². The Hall–Kier alpha value is -0.995. The van der Waals surface area contributed by atoms with Crippen molar-refractivity contribution in [1.29, 1.82) is 0 Å². The van der Waals surface area contributed by atoms with E-state index >= 15 is 0 Å². The largest absolute Gasteiger partial charge is 0.488 e. The molecule has 0 aliphatic carbocycles. The molecule has 1 fully saturated rings. The molecule has 0 unspecified atom stereocenters. The Morgan fingerprint density at radius 2 is 1.95 bits per heavy atom. The van der Waals surface area contributed by atoms with Crippen LogP contribution in [0.4, 0.5) is 3.89 Å². The number of hydrogen-bond acceptors (Lipinski definition) is 6. The van der Waals surface area contributed by atoms with Gasteiger partial charge in [-0.25, -0.2) is 0 Å². The molecule has 0 saturated carbocycles. The molecule has 0 spiro atoms. The molecule has 116 valence electrons. The number of piperazine rings is 1.